The number of hydrogen-bond donors (Lipinski definition) is 2. The van der Waals surface area contributed by atoms with Crippen molar-refractivity contribution in [2.75, 3.05) is 32.8 Å². The molecule has 5 nitrogen and oxygen atoms in total. The van der Waals surface area contributed by atoms with Crippen molar-refractivity contribution in [3.05, 3.63) is 0 Å². The van der Waals surface area contributed by atoms with Gasteiger partial charge in [-0.2, -0.15) is 0 Å². The van der Waals surface area contributed by atoms with Gasteiger partial charge in [0.2, 0.25) is 0 Å². The average molecular weight is 348 g/mol. The molecule has 0 rings (SSSR count). The molecule has 0 saturated carbocycles. The van der Waals surface area contributed by atoms with Crippen molar-refractivity contribution < 1.29 is 19.5 Å². The molecule has 100 valence electrons. The largest absolute Gasteiger partial charge is 0.530 e. The Hall–Kier alpha value is -0.0800. The van der Waals surface area contributed by atoms with E-state index in [9.17, 15) is 0 Å². The van der Waals surface area contributed by atoms with Crippen LogP contribution in [0, 0.1) is 0 Å². The maximum Gasteiger partial charge on any atom is 0.131 e. The van der Waals surface area contributed by atoms with Crippen molar-refractivity contribution in [1.29, 1.82) is 0 Å². The Morgan fingerprint density at radius 1 is 1.25 bits per heavy atom. The van der Waals surface area contributed by atoms with Crippen LogP contribution < -0.4 is 10.8 Å². The summed E-state index contributed by atoms with van der Waals surface area (Å²) < 4.78 is 1.15. The number of nitrogens with zero attached hydrogens (tertiary/aromatic N) is 1. The Balaban J connectivity index is -0.000000292. The van der Waals surface area contributed by atoms with E-state index in [2.05, 4.69) is 26.5 Å². The third-order valence-electron chi connectivity index (χ3n) is 2.80. The topological polar surface area (TPSA) is 86.4 Å². The van der Waals surface area contributed by atoms with Crippen molar-refractivity contribution in [3.8, 4) is 0 Å². The predicted molar refractivity (Wildman–Crippen MR) is 73.5 cm³/mol. The molecule has 0 aromatic heterocycles. The van der Waals surface area contributed by atoms with Crippen molar-refractivity contribution in [1.82, 2.24) is 0 Å². The Morgan fingerprint density at radius 3 is 1.75 bits per heavy atom. The normalized spacial score (nSPS) is 9.75. The summed E-state index contributed by atoms with van der Waals surface area (Å²) in [4.78, 5) is 8.67. The van der Waals surface area contributed by atoms with E-state index in [1.165, 1.54) is 19.6 Å². The number of nitrogens with two attached hydrogens (primary N) is 1. The molecule has 6 heteroatoms. The zero-order chi connectivity index (χ0) is 12.3. The van der Waals surface area contributed by atoms with E-state index in [4.69, 9.17) is 15.0 Å². The fourth-order valence-electron chi connectivity index (χ4n) is 1.55. The molecule has 0 spiro atoms. The van der Waals surface area contributed by atoms with E-state index in [0.29, 0.717) is 6.61 Å². The maximum atomic E-state index is 8.71. The van der Waals surface area contributed by atoms with Crippen LogP contribution in [0.2, 0.25) is 0 Å². The fraction of sp³-hybridized carbons (Fsp3) is 0.900. The number of hydrogen-bond acceptors (Lipinski definition) is 3. The lowest BCUT2D eigenvalue weighted by atomic mass is 10.3. The van der Waals surface area contributed by atoms with Gasteiger partial charge in [0.25, 0.3) is 0 Å². The number of primary amides is 1. The molecule has 0 bridgehead atoms. The lowest BCUT2D eigenvalue weighted by Gasteiger charge is -2.35. The van der Waals surface area contributed by atoms with Gasteiger partial charge in [-0.1, -0.05) is 0 Å². The summed E-state index contributed by atoms with van der Waals surface area (Å²) in [6.45, 7) is 11.7. The molecule has 0 unspecified atom stereocenters. The summed E-state index contributed by atoms with van der Waals surface area (Å²) >= 11 is 0. The Bertz CT molecular complexity index is 152. The highest BCUT2D eigenvalue weighted by Crippen LogP contribution is 2.06. The third-order valence-corrected chi connectivity index (χ3v) is 2.80. The molecule has 16 heavy (non-hydrogen) atoms. The number of carboxylic acid groups (broad SMARTS) is 1. The van der Waals surface area contributed by atoms with Crippen LogP contribution in [0.4, 0.5) is 4.79 Å². The average Bonchev–Trinajstić information content (AvgIpc) is 2.20. The van der Waals surface area contributed by atoms with E-state index >= 15 is 0 Å². The molecule has 0 atom stereocenters. The first-order chi connectivity index (χ1) is 6.97. The lowest BCUT2D eigenvalue weighted by Crippen LogP contribution is -2.48. The predicted octanol–water partition coefficient (Wildman–Crippen LogP) is 0.152. The number of aliphatic hydroxyl groups excluding tert-OH is 1. The summed E-state index contributed by atoms with van der Waals surface area (Å²) in [7, 11) is 0. The van der Waals surface area contributed by atoms with Crippen LogP contribution in [0.15, 0.2) is 0 Å². The van der Waals surface area contributed by atoms with E-state index in [0.717, 1.165) is 17.4 Å². The van der Waals surface area contributed by atoms with E-state index in [1.807, 2.05) is 0 Å². The minimum atomic E-state index is -1.58. The minimum absolute atomic E-state index is 0. The van der Waals surface area contributed by atoms with Crippen molar-refractivity contribution in [3.63, 3.8) is 0 Å². The van der Waals surface area contributed by atoms with Gasteiger partial charge in [0.1, 0.15) is 6.09 Å². The summed E-state index contributed by atoms with van der Waals surface area (Å²) in [6, 6.07) is 0. The van der Waals surface area contributed by atoms with E-state index in [-0.39, 0.29) is 24.0 Å². The standard InChI is InChI=1S/C9H22NO.CH3NO2.HI/c1-4-10(5-2,6-3)8-7-9-11;2-1(3)4;/h11H,4-9H2,1-3H3;2H2,(H,3,4);1H/q+1;;/p-1. The summed E-state index contributed by atoms with van der Waals surface area (Å²) in [5.74, 6) is 0. The Labute approximate surface area is 115 Å². The highest BCUT2D eigenvalue weighted by Gasteiger charge is 2.18. The molecule has 0 aliphatic carbocycles. The summed E-state index contributed by atoms with van der Waals surface area (Å²) in [6.07, 6.45) is -0.643. The summed E-state index contributed by atoms with van der Waals surface area (Å²) in [5.41, 5.74) is 3.92. The van der Waals surface area contributed by atoms with Gasteiger partial charge < -0.3 is 25.2 Å². The molecule has 0 radical (unpaired) electrons. The maximum absolute atomic E-state index is 8.71. The van der Waals surface area contributed by atoms with Gasteiger partial charge in [-0.05, 0) is 20.8 Å². The van der Waals surface area contributed by atoms with Crippen molar-refractivity contribution in [2.45, 2.75) is 27.2 Å². The van der Waals surface area contributed by atoms with Crippen LogP contribution in [0.5, 0.6) is 0 Å². The molecule has 0 saturated heterocycles. The second kappa shape index (κ2) is 13.0. The highest BCUT2D eigenvalue weighted by molar-refractivity contribution is 14.0. The molecule has 0 aromatic carbocycles. The first kappa shape index (κ1) is 21.2. The first-order valence-corrected chi connectivity index (χ1v) is 5.40. The Morgan fingerprint density at radius 2 is 1.56 bits per heavy atom. The van der Waals surface area contributed by atoms with Crippen LogP contribution in [0.25, 0.3) is 0 Å². The van der Waals surface area contributed by atoms with Crippen LogP contribution in [0.3, 0.4) is 0 Å². The lowest BCUT2D eigenvalue weighted by molar-refractivity contribution is -0.923. The monoisotopic (exact) mass is 348 g/mol. The number of aliphatic hydroxyl groups is 1. The number of halogens is 1. The second-order valence-corrected chi connectivity index (χ2v) is 3.41. The second-order valence-electron chi connectivity index (χ2n) is 3.41. The van der Waals surface area contributed by atoms with Gasteiger partial charge in [-0.15, -0.1) is 24.0 Å². The van der Waals surface area contributed by atoms with Gasteiger partial charge in [-0.3, -0.25) is 0 Å². The van der Waals surface area contributed by atoms with Crippen molar-refractivity contribution in [2.24, 2.45) is 5.73 Å². The molecule has 0 aromatic rings. The van der Waals surface area contributed by atoms with Gasteiger partial charge in [0, 0.05) is 13.0 Å². The smallest absolute Gasteiger partial charge is 0.131 e. The minimum Gasteiger partial charge on any atom is -0.530 e. The number of amides is 1. The van der Waals surface area contributed by atoms with E-state index < -0.39 is 6.09 Å². The SMILES string of the molecule is CC[N+](CC)(CC)CCCO.I.NC(=O)[O-]. The molecule has 0 heterocycles. The molecule has 0 aliphatic rings. The molecule has 3 N–H and O–H groups in total. The fourth-order valence-corrected chi connectivity index (χ4v) is 1.55. The van der Waals surface area contributed by atoms with Crippen LogP contribution >= 0.6 is 24.0 Å². The van der Waals surface area contributed by atoms with Crippen LogP contribution in [0.1, 0.15) is 27.2 Å². The van der Waals surface area contributed by atoms with Crippen molar-refractivity contribution >= 4 is 30.1 Å². The number of carbonyl (C=O) groups is 1. The molecular formula is C10H25IN2O3. The molecule has 1 amide bonds. The van der Waals surface area contributed by atoms with Crippen LogP contribution in [-0.4, -0.2) is 48.5 Å². The molecular weight excluding hydrogens is 323 g/mol. The third kappa shape index (κ3) is 12.0. The molecule has 0 fully saturated rings. The van der Waals surface area contributed by atoms with Gasteiger partial charge in [0.15, 0.2) is 0 Å². The Kier molecular flexibility index (Phi) is 17.2. The van der Waals surface area contributed by atoms with Gasteiger partial charge in [-0.25, -0.2) is 0 Å². The van der Waals surface area contributed by atoms with Gasteiger partial charge in [0.05, 0.1) is 26.2 Å². The van der Waals surface area contributed by atoms with Gasteiger partial charge >= 0.3 is 0 Å². The quantitative estimate of drug-likeness (QED) is 0.529. The number of rotatable bonds is 6. The highest BCUT2D eigenvalue weighted by atomic mass is 127. The number of quaternary nitrogens is 1. The number of carbonyl (C=O) groups excluding carboxylic acids is 1. The van der Waals surface area contributed by atoms with E-state index in [1.54, 1.807) is 0 Å². The van der Waals surface area contributed by atoms with Crippen LogP contribution in [-0.2, 0) is 0 Å². The first-order valence-electron chi connectivity index (χ1n) is 5.40. The zero-order valence-electron chi connectivity index (χ0n) is 10.4. The summed E-state index contributed by atoms with van der Waals surface area (Å²) in [5, 5.41) is 17.4. The zero-order valence-corrected chi connectivity index (χ0v) is 12.8. The molecule has 0 aliphatic heterocycles.